The van der Waals surface area contributed by atoms with Gasteiger partial charge in [-0.05, 0) is 13.3 Å². The van der Waals surface area contributed by atoms with Crippen LogP contribution in [-0.2, 0) is 9.59 Å². The number of rotatable bonds is 4. The number of hydrogen-bond acceptors (Lipinski definition) is 5. The van der Waals surface area contributed by atoms with E-state index in [0.717, 1.165) is 0 Å². The van der Waals surface area contributed by atoms with E-state index in [1.165, 1.54) is 6.92 Å². The lowest BCUT2D eigenvalue weighted by atomic mass is 10.0. The molecule has 0 unspecified atom stereocenters. The molecule has 0 saturated carbocycles. The van der Waals surface area contributed by atoms with Crippen LogP contribution in [0.2, 0.25) is 0 Å². The van der Waals surface area contributed by atoms with Gasteiger partial charge in [-0.15, -0.1) is 0 Å². The first-order valence-electron chi connectivity index (χ1n) is 4.30. The van der Waals surface area contributed by atoms with Crippen LogP contribution in [0.3, 0.4) is 0 Å². The Morgan fingerprint density at radius 1 is 1.40 bits per heavy atom. The van der Waals surface area contributed by atoms with E-state index < -0.39 is 30.1 Å². The molecule has 0 saturated heterocycles. The van der Waals surface area contributed by atoms with Gasteiger partial charge in [-0.1, -0.05) is 6.92 Å². The van der Waals surface area contributed by atoms with Crippen molar-refractivity contribution in [2.24, 2.45) is 11.5 Å². The van der Waals surface area contributed by atoms with E-state index in [2.05, 4.69) is 0 Å². The van der Waals surface area contributed by atoms with E-state index in [0.29, 0.717) is 6.42 Å². The van der Waals surface area contributed by atoms with Gasteiger partial charge in [0.2, 0.25) is 0 Å². The summed E-state index contributed by atoms with van der Waals surface area (Å²) in [6, 6.07) is -1.13. The molecule has 7 N–H and O–H groups in total. The van der Waals surface area contributed by atoms with Gasteiger partial charge < -0.3 is 26.8 Å². The summed E-state index contributed by atoms with van der Waals surface area (Å²) in [5.41, 5.74) is 8.98. The number of aliphatic carboxylic acids is 2. The summed E-state index contributed by atoms with van der Waals surface area (Å²) >= 11 is 0. The second kappa shape index (κ2) is 7.16. The van der Waals surface area contributed by atoms with Gasteiger partial charge in [0.25, 0.3) is 0 Å². The van der Waals surface area contributed by atoms with Crippen molar-refractivity contribution < 1.29 is 24.9 Å². The van der Waals surface area contributed by atoms with Crippen LogP contribution in [0.4, 0.5) is 0 Å². The highest BCUT2D eigenvalue weighted by Gasteiger charge is 2.24. The van der Waals surface area contributed by atoms with Crippen molar-refractivity contribution in [3.05, 3.63) is 0 Å². The minimum atomic E-state index is -1.18. The Morgan fingerprint density at radius 3 is 1.80 bits per heavy atom. The van der Waals surface area contributed by atoms with E-state index in [-0.39, 0.29) is 0 Å². The number of hydrogen-bond donors (Lipinski definition) is 5. The minimum Gasteiger partial charge on any atom is -0.480 e. The Balaban J connectivity index is 0. The Hall–Kier alpha value is -1.18. The van der Waals surface area contributed by atoms with Crippen molar-refractivity contribution in [1.29, 1.82) is 0 Å². The second-order valence-electron chi connectivity index (χ2n) is 3.20. The van der Waals surface area contributed by atoms with E-state index in [1.807, 2.05) is 0 Å². The molecule has 0 aromatic heterocycles. The number of aliphatic hydroxyl groups excluding tert-OH is 1. The van der Waals surface area contributed by atoms with Gasteiger partial charge in [-0.25, -0.2) is 0 Å². The molecule has 0 aliphatic rings. The smallest absolute Gasteiger partial charge is 0.323 e. The summed E-state index contributed by atoms with van der Waals surface area (Å²) in [5, 5.41) is 24.2. The predicted octanol–water partition coefficient (Wildman–Crippen LogP) is -1.41. The molecule has 0 aliphatic carbocycles. The van der Waals surface area contributed by atoms with Crippen LogP contribution in [0, 0.1) is 0 Å². The molecule has 0 rings (SSSR count). The van der Waals surface area contributed by atoms with Crippen LogP contribution >= 0.6 is 0 Å². The highest BCUT2D eigenvalue weighted by atomic mass is 16.4. The van der Waals surface area contributed by atoms with Crippen LogP contribution in [0.15, 0.2) is 0 Å². The maximum Gasteiger partial charge on any atom is 0.323 e. The number of nitrogens with two attached hydrogens (primary N) is 2. The van der Waals surface area contributed by atoms with Gasteiger partial charge in [0.05, 0.1) is 6.61 Å². The van der Waals surface area contributed by atoms with E-state index in [4.69, 9.17) is 26.8 Å². The average Bonchev–Trinajstić information content (AvgIpc) is 2.17. The van der Waals surface area contributed by atoms with Gasteiger partial charge in [0, 0.05) is 0 Å². The van der Waals surface area contributed by atoms with Crippen LogP contribution in [0.25, 0.3) is 0 Å². The van der Waals surface area contributed by atoms with Crippen molar-refractivity contribution in [2.75, 3.05) is 6.61 Å². The Morgan fingerprint density at radius 2 is 1.80 bits per heavy atom. The normalized spacial score (nSPS) is 15.5. The Kier molecular flexibility index (Phi) is 7.76. The molecule has 90 valence electrons. The van der Waals surface area contributed by atoms with Crippen LogP contribution < -0.4 is 11.5 Å². The maximum absolute atomic E-state index is 10.1. The molecule has 2 atom stereocenters. The summed E-state index contributed by atoms with van der Waals surface area (Å²) < 4.78 is 0. The third-order valence-electron chi connectivity index (χ3n) is 1.74. The zero-order valence-electron chi connectivity index (χ0n) is 8.80. The lowest BCUT2D eigenvalue weighted by Gasteiger charge is -2.14. The molecule has 0 spiro atoms. The first-order chi connectivity index (χ1) is 6.68. The van der Waals surface area contributed by atoms with Gasteiger partial charge in [-0.2, -0.15) is 0 Å². The summed E-state index contributed by atoms with van der Waals surface area (Å²) in [6.45, 7) is 2.73. The topological polar surface area (TPSA) is 147 Å². The number of carboxylic acids is 2. The van der Waals surface area contributed by atoms with Crippen molar-refractivity contribution in [2.45, 2.75) is 31.8 Å². The first-order valence-corrected chi connectivity index (χ1v) is 4.30. The fourth-order valence-electron chi connectivity index (χ4n) is 0.229. The van der Waals surface area contributed by atoms with Crippen molar-refractivity contribution in [3.8, 4) is 0 Å². The molecule has 0 aromatic carbocycles. The second-order valence-corrected chi connectivity index (χ2v) is 3.20. The summed E-state index contributed by atoms with van der Waals surface area (Å²) in [5.74, 6) is -2.12. The Labute approximate surface area is 87.7 Å². The lowest BCUT2D eigenvalue weighted by Crippen LogP contribution is -2.43. The largest absolute Gasteiger partial charge is 0.480 e. The first kappa shape index (κ1) is 16.3. The maximum atomic E-state index is 10.1. The number of aliphatic hydroxyl groups is 1. The fourth-order valence-corrected chi connectivity index (χ4v) is 0.229. The molecule has 0 radical (unpaired) electrons. The van der Waals surface area contributed by atoms with Crippen LogP contribution in [0.1, 0.15) is 20.3 Å². The van der Waals surface area contributed by atoms with Gasteiger partial charge >= 0.3 is 11.9 Å². The van der Waals surface area contributed by atoms with Crippen molar-refractivity contribution in [1.82, 2.24) is 0 Å². The van der Waals surface area contributed by atoms with E-state index in [9.17, 15) is 9.59 Å². The minimum absolute atomic E-state index is 0.461. The third kappa shape index (κ3) is 7.86. The highest BCUT2D eigenvalue weighted by molar-refractivity contribution is 5.77. The van der Waals surface area contributed by atoms with Crippen molar-refractivity contribution in [3.63, 3.8) is 0 Å². The quantitative estimate of drug-likeness (QED) is 0.392. The summed E-state index contributed by atoms with van der Waals surface area (Å²) in [4.78, 5) is 19.8. The molecule has 15 heavy (non-hydrogen) atoms. The van der Waals surface area contributed by atoms with E-state index >= 15 is 0 Å². The third-order valence-corrected chi connectivity index (χ3v) is 1.74. The lowest BCUT2D eigenvalue weighted by molar-refractivity contribution is -0.143. The average molecular weight is 222 g/mol. The van der Waals surface area contributed by atoms with Crippen molar-refractivity contribution >= 4 is 11.9 Å². The molecule has 0 bridgehead atoms. The van der Waals surface area contributed by atoms with Crippen LogP contribution in [0.5, 0.6) is 0 Å². The van der Waals surface area contributed by atoms with E-state index in [1.54, 1.807) is 6.92 Å². The molecule has 7 nitrogen and oxygen atoms in total. The van der Waals surface area contributed by atoms with Crippen LogP contribution in [-0.4, -0.2) is 45.4 Å². The molecule has 0 aromatic rings. The Bertz CT molecular complexity index is 217. The van der Waals surface area contributed by atoms with Gasteiger partial charge in [0.15, 0.2) is 0 Å². The highest BCUT2D eigenvalue weighted by Crippen LogP contribution is 2.02. The molecule has 0 heterocycles. The monoisotopic (exact) mass is 222 g/mol. The molecular weight excluding hydrogens is 204 g/mol. The molecule has 0 fully saturated rings. The SMILES string of the molecule is CC[C@](C)(N)C(=O)O.N[C@@H](CO)C(=O)O. The summed E-state index contributed by atoms with van der Waals surface area (Å²) in [6.07, 6.45) is 0.461. The molecule has 0 aliphatic heterocycles. The fraction of sp³-hybridized carbons (Fsp3) is 0.750. The predicted molar refractivity (Wildman–Crippen MR) is 53.2 cm³/mol. The number of carbonyl (C=O) groups is 2. The molecule has 7 heteroatoms. The zero-order chi connectivity index (χ0) is 12.6. The van der Waals surface area contributed by atoms with Gasteiger partial charge in [0.1, 0.15) is 11.6 Å². The van der Waals surface area contributed by atoms with Gasteiger partial charge in [-0.3, -0.25) is 9.59 Å². The standard InChI is InChI=1S/C5H11NO2.C3H7NO3/c1-3-5(2,6)4(7)8;4-2(1-5)3(6)7/h3,6H2,1-2H3,(H,7,8);2,5H,1,4H2,(H,6,7)/t5-;2-/m00/s1. The summed E-state index contributed by atoms with van der Waals surface area (Å²) in [7, 11) is 0. The molecule has 0 amide bonds. The number of carboxylic acid groups (broad SMARTS) is 2. The molecular formula is C8H18N2O5. The zero-order valence-corrected chi connectivity index (χ0v) is 8.80.